The van der Waals surface area contributed by atoms with Gasteiger partial charge in [0.05, 0.1) is 7.11 Å². The molecule has 1 aromatic rings. The van der Waals surface area contributed by atoms with Crippen LogP contribution in [0.15, 0.2) is 30.6 Å². The molecular weight excluding hydrogens is 358 g/mol. The fourth-order valence-corrected chi connectivity index (χ4v) is 7.62. The molecule has 3 nitrogen and oxygen atoms in total. The van der Waals surface area contributed by atoms with Crippen molar-refractivity contribution in [2.45, 2.75) is 72.1 Å². The van der Waals surface area contributed by atoms with Gasteiger partial charge in [-0.05, 0) is 90.2 Å². The Morgan fingerprint density at radius 3 is 2.76 bits per heavy atom. The monoisotopic (exact) mass is 395 g/mol. The maximum absolute atomic E-state index is 12.1. The van der Waals surface area contributed by atoms with Gasteiger partial charge in [0, 0.05) is 18.8 Å². The maximum atomic E-state index is 12.1. The summed E-state index contributed by atoms with van der Waals surface area (Å²) in [6, 6.07) is 4.29. The zero-order chi connectivity index (χ0) is 20.6. The molecule has 6 atom stereocenters. The van der Waals surface area contributed by atoms with Gasteiger partial charge in [-0.1, -0.05) is 39.3 Å². The van der Waals surface area contributed by atoms with E-state index in [1.807, 2.05) is 12.4 Å². The number of carbonyl (C=O) groups excluding carboxylic acids is 1. The number of esters is 1. The fraction of sp³-hybridized carbons (Fsp3) is 0.692. The lowest BCUT2D eigenvalue weighted by Gasteiger charge is -2.59. The standard InChI is InChI=1S/C26H37NO2/c1-5-13-25(2)19(16-24(28)29-4)8-9-20-22-11-10-21(18-7-6-15-27-17-18)26(22,3)14-12-23(20)25/h6-7,10,15,17,19-20,22-23H,5,8-9,11-14,16H2,1-4H3/t19-,20-,22-,23-,25-,26+/m0/s1. The number of aromatic nitrogens is 1. The van der Waals surface area contributed by atoms with Gasteiger partial charge in [0.1, 0.15) is 0 Å². The van der Waals surface area contributed by atoms with Crippen LogP contribution in [0.5, 0.6) is 0 Å². The number of hydrogen-bond donors (Lipinski definition) is 0. The van der Waals surface area contributed by atoms with Gasteiger partial charge in [0.25, 0.3) is 0 Å². The molecule has 1 aromatic heterocycles. The van der Waals surface area contributed by atoms with Crippen molar-refractivity contribution in [2.24, 2.45) is 34.5 Å². The van der Waals surface area contributed by atoms with Gasteiger partial charge in [-0.15, -0.1) is 0 Å². The number of methoxy groups -OCH3 is 1. The minimum atomic E-state index is -0.0298. The van der Waals surface area contributed by atoms with Crippen molar-refractivity contribution >= 4 is 11.5 Å². The van der Waals surface area contributed by atoms with Crippen molar-refractivity contribution in [3.05, 3.63) is 36.2 Å². The van der Waals surface area contributed by atoms with Crippen molar-refractivity contribution in [3.8, 4) is 0 Å². The molecule has 4 rings (SSSR count). The van der Waals surface area contributed by atoms with Gasteiger partial charge in [-0.25, -0.2) is 0 Å². The molecule has 0 radical (unpaired) electrons. The number of hydrogen-bond acceptors (Lipinski definition) is 3. The summed E-state index contributed by atoms with van der Waals surface area (Å²) in [7, 11) is 1.53. The third-order valence-electron chi connectivity index (χ3n) is 9.05. The lowest BCUT2D eigenvalue weighted by molar-refractivity contribution is -0.147. The first-order valence-corrected chi connectivity index (χ1v) is 11.6. The topological polar surface area (TPSA) is 39.2 Å². The van der Waals surface area contributed by atoms with Gasteiger partial charge >= 0.3 is 5.97 Å². The van der Waals surface area contributed by atoms with Crippen molar-refractivity contribution in [1.29, 1.82) is 0 Å². The largest absolute Gasteiger partial charge is 0.469 e. The zero-order valence-corrected chi connectivity index (χ0v) is 18.6. The van der Waals surface area contributed by atoms with Crippen LogP contribution in [0.25, 0.3) is 5.57 Å². The molecule has 3 aliphatic carbocycles. The van der Waals surface area contributed by atoms with E-state index in [4.69, 9.17) is 4.74 Å². The van der Waals surface area contributed by atoms with Crippen LogP contribution in [0.2, 0.25) is 0 Å². The number of fused-ring (bicyclic) bond motifs is 3. The highest BCUT2D eigenvalue weighted by molar-refractivity contribution is 5.72. The van der Waals surface area contributed by atoms with Crippen LogP contribution in [0, 0.1) is 34.5 Å². The molecule has 0 unspecified atom stereocenters. The van der Waals surface area contributed by atoms with Gasteiger partial charge < -0.3 is 4.74 Å². The predicted octanol–water partition coefficient (Wildman–Crippen LogP) is 6.30. The third-order valence-corrected chi connectivity index (χ3v) is 9.05. The van der Waals surface area contributed by atoms with Gasteiger partial charge in [0.15, 0.2) is 0 Å². The lowest BCUT2D eigenvalue weighted by atomic mass is 9.46. The number of allylic oxidation sites excluding steroid dienone is 2. The number of pyridine rings is 1. The number of rotatable bonds is 5. The van der Waals surface area contributed by atoms with Gasteiger partial charge in [0.2, 0.25) is 0 Å². The van der Waals surface area contributed by atoms with Crippen molar-refractivity contribution in [2.75, 3.05) is 7.11 Å². The van der Waals surface area contributed by atoms with Crippen LogP contribution >= 0.6 is 0 Å². The van der Waals surface area contributed by atoms with E-state index in [0.29, 0.717) is 12.3 Å². The Kier molecular flexibility index (Phi) is 5.61. The summed E-state index contributed by atoms with van der Waals surface area (Å²) in [6.07, 6.45) is 15.6. The van der Waals surface area contributed by atoms with E-state index in [2.05, 4.69) is 44.0 Å². The number of carbonyl (C=O) groups is 1. The maximum Gasteiger partial charge on any atom is 0.305 e. The zero-order valence-electron chi connectivity index (χ0n) is 18.6. The first-order valence-electron chi connectivity index (χ1n) is 11.6. The molecule has 0 aliphatic heterocycles. The van der Waals surface area contributed by atoms with Crippen LogP contribution in [0.4, 0.5) is 0 Å². The second-order valence-corrected chi connectivity index (χ2v) is 10.2. The highest BCUT2D eigenvalue weighted by atomic mass is 16.5. The molecule has 1 heterocycles. The number of nitrogens with zero attached hydrogens (tertiary/aromatic N) is 1. The van der Waals surface area contributed by atoms with E-state index in [9.17, 15) is 4.79 Å². The van der Waals surface area contributed by atoms with E-state index >= 15 is 0 Å². The third kappa shape index (κ3) is 3.35. The van der Waals surface area contributed by atoms with Crippen molar-refractivity contribution in [3.63, 3.8) is 0 Å². The molecule has 0 saturated heterocycles. The Balaban J connectivity index is 1.61. The SMILES string of the molecule is CCC[C@@]1(C)[C@H](CC(=O)OC)CC[C@@H]2[C@@H]1CC[C@]1(C)C(c3cccnc3)=CC[C@@H]21. The van der Waals surface area contributed by atoms with Crippen molar-refractivity contribution in [1.82, 2.24) is 4.98 Å². The normalized spacial score (nSPS) is 38.7. The molecule has 3 aliphatic rings. The van der Waals surface area contributed by atoms with E-state index in [1.54, 1.807) is 0 Å². The summed E-state index contributed by atoms with van der Waals surface area (Å²) in [5.41, 5.74) is 3.37. The summed E-state index contributed by atoms with van der Waals surface area (Å²) < 4.78 is 5.06. The first kappa shape index (κ1) is 20.6. The average Bonchev–Trinajstić information content (AvgIpc) is 3.08. The molecule has 0 aromatic carbocycles. The predicted molar refractivity (Wildman–Crippen MR) is 117 cm³/mol. The molecule has 2 fully saturated rings. The Labute approximate surface area is 176 Å². The quantitative estimate of drug-likeness (QED) is 0.549. The summed E-state index contributed by atoms with van der Waals surface area (Å²) in [5, 5.41) is 0. The second kappa shape index (κ2) is 7.89. The van der Waals surface area contributed by atoms with E-state index in [1.165, 1.54) is 63.2 Å². The summed E-state index contributed by atoms with van der Waals surface area (Å²) in [6.45, 7) is 7.31. The van der Waals surface area contributed by atoms with Crippen LogP contribution in [0.1, 0.15) is 77.7 Å². The van der Waals surface area contributed by atoms with E-state index < -0.39 is 0 Å². The Bertz CT molecular complexity index is 772. The molecule has 29 heavy (non-hydrogen) atoms. The first-order chi connectivity index (χ1) is 13.9. The molecule has 158 valence electrons. The Hall–Kier alpha value is -1.64. The molecule has 0 spiro atoms. The van der Waals surface area contributed by atoms with Gasteiger partial charge in [-0.3, -0.25) is 9.78 Å². The smallest absolute Gasteiger partial charge is 0.305 e. The Morgan fingerprint density at radius 1 is 1.24 bits per heavy atom. The van der Waals surface area contributed by atoms with Crippen molar-refractivity contribution < 1.29 is 9.53 Å². The second-order valence-electron chi connectivity index (χ2n) is 10.2. The number of ether oxygens (including phenoxy) is 1. The highest BCUT2D eigenvalue weighted by Crippen LogP contribution is 2.66. The fourth-order valence-electron chi connectivity index (χ4n) is 7.62. The highest BCUT2D eigenvalue weighted by Gasteiger charge is 2.57. The minimum Gasteiger partial charge on any atom is -0.469 e. The van der Waals surface area contributed by atoms with Gasteiger partial charge in [-0.2, -0.15) is 0 Å². The molecule has 3 heteroatoms. The molecular formula is C26H37NO2. The average molecular weight is 396 g/mol. The lowest BCUT2D eigenvalue weighted by Crippen LogP contribution is -2.51. The van der Waals surface area contributed by atoms with Crippen LogP contribution in [0.3, 0.4) is 0 Å². The summed E-state index contributed by atoms with van der Waals surface area (Å²) in [4.78, 5) is 16.5. The molecule has 0 bridgehead atoms. The van der Waals surface area contributed by atoms with E-state index in [-0.39, 0.29) is 16.8 Å². The van der Waals surface area contributed by atoms with Crippen LogP contribution in [-0.2, 0) is 9.53 Å². The van der Waals surface area contributed by atoms with Crippen LogP contribution in [-0.4, -0.2) is 18.1 Å². The van der Waals surface area contributed by atoms with Crippen LogP contribution < -0.4 is 0 Å². The minimum absolute atomic E-state index is 0.0298. The van der Waals surface area contributed by atoms with E-state index in [0.717, 1.165) is 17.8 Å². The Morgan fingerprint density at radius 2 is 2.07 bits per heavy atom. The molecule has 0 amide bonds. The molecule has 0 N–H and O–H groups in total. The molecule has 2 saturated carbocycles. The summed E-state index contributed by atoms with van der Waals surface area (Å²) in [5.74, 6) is 2.66. The summed E-state index contributed by atoms with van der Waals surface area (Å²) >= 11 is 0.